The number of anilines is 1. The molecule has 42 heavy (non-hydrogen) atoms. The van der Waals surface area contributed by atoms with Gasteiger partial charge in [0.2, 0.25) is 11.8 Å². The number of nitrogens with zero attached hydrogens (tertiary/aromatic N) is 2. The van der Waals surface area contributed by atoms with Crippen molar-refractivity contribution in [3.8, 4) is 5.75 Å². The maximum absolute atomic E-state index is 14.2. The maximum Gasteiger partial charge on any atom is 0.264 e. The number of rotatable bonds is 13. The van der Waals surface area contributed by atoms with Gasteiger partial charge < -0.3 is 15.0 Å². The number of nitrogens with one attached hydrogen (secondary N) is 1. The molecule has 0 bridgehead atoms. The van der Waals surface area contributed by atoms with E-state index < -0.39 is 28.5 Å². The highest BCUT2D eigenvalue weighted by atomic mass is 35.5. The largest absolute Gasteiger partial charge is 0.497 e. The first-order valence-corrected chi connectivity index (χ1v) is 15.8. The van der Waals surface area contributed by atoms with Crippen molar-refractivity contribution >= 4 is 50.7 Å². The van der Waals surface area contributed by atoms with Crippen LogP contribution < -0.4 is 14.4 Å². The van der Waals surface area contributed by atoms with Crippen molar-refractivity contribution in [3.05, 3.63) is 87.9 Å². The number of hydrogen-bond acceptors (Lipinski definition) is 5. The lowest BCUT2D eigenvalue weighted by Crippen LogP contribution is -2.52. The lowest BCUT2D eigenvalue weighted by Gasteiger charge is -2.33. The lowest BCUT2D eigenvalue weighted by molar-refractivity contribution is -0.140. The molecule has 0 aromatic heterocycles. The summed E-state index contributed by atoms with van der Waals surface area (Å²) in [5.41, 5.74) is 1.64. The highest BCUT2D eigenvalue weighted by Gasteiger charge is 2.34. The highest BCUT2D eigenvalue weighted by molar-refractivity contribution is 7.92. The Balaban J connectivity index is 2.10. The first-order chi connectivity index (χ1) is 19.9. The summed E-state index contributed by atoms with van der Waals surface area (Å²) in [6.07, 6.45) is 0.308. The zero-order chi connectivity index (χ0) is 31.0. The van der Waals surface area contributed by atoms with Crippen molar-refractivity contribution in [1.82, 2.24) is 10.2 Å². The molecule has 0 fully saturated rings. The van der Waals surface area contributed by atoms with Crippen LogP contribution in [0.25, 0.3) is 0 Å². The van der Waals surface area contributed by atoms with Gasteiger partial charge in [-0.25, -0.2) is 8.42 Å². The Labute approximate surface area is 258 Å². The Morgan fingerprint density at radius 2 is 1.69 bits per heavy atom. The summed E-state index contributed by atoms with van der Waals surface area (Å²) in [6.45, 7) is 7.46. The van der Waals surface area contributed by atoms with Gasteiger partial charge in [-0.1, -0.05) is 73.8 Å². The normalized spacial score (nSPS) is 12.1. The number of amides is 2. The molecule has 0 saturated carbocycles. The van der Waals surface area contributed by atoms with Crippen LogP contribution in [0, 0.1) is 12.8 Å². The van der Waals surface area contributed by atoms with Crippen molar-refractivity contribution in [3.63, 3.8) is 0 Å². The molecule has 0 heterocycles. The second-order valence-electron chi connectivity index (χ2n) is 10.4. The Kier molecular flexibility index (Phi) is 11.7. The highest BCUT2D eigenvalue weighted by Crippen LogP contribution is 2.33. The Bertz CT molecular complexity index is 1500. The number of aryl methyl sites for hydroxylation is 1. The lowest BCUT2D eigenvalue weighted by atomic mass is 10.1. The molecule has 0 radical (unpaired) electrons. The number of hydrogen-bond donors (Lipinski definition) is 1. The third-order valence-corrected chi connectivity index (χ3v) is 8.95. The Morgan fingerprint density at radius 3 is 2.31 bits per heavy atom. The summed E-state index contributed by atoms with van der Waals surface area (Å²) in [5, 5.41) is 3.26. The fourth-order valence-corrected chi connectivity index (χ4v) is 6.20. The summed E-state index contributed by atoms with van der Waals surface area (Å²) >= 11 is 12.7. The molecular formula is C31H37Cl2N3O5S. The molecule has 226 valence electrons. The van der Waals surface area contributed by atoms with E-state index in [1.807, 2.05) is 26.8 Å². The number of halogens is 2. The fourth-order valence-electron chi connectivity index (χ4n) is 4.34. The van der Waals surface area contributed by atoms with Gasteiger partial charge >= 0.3 is 0 Å². The van der Waals surface area contributed by atoms with Crippen LogP contribution in [0.2, 0.25) is 10.0 Å². The van der Waals surface area contributed by atoms with E-state index >= 15 is 0 Å². The van der Waals surface area contributed by atoms with E-state index in [1.165, 1.54) is 35.2 Å². The quantitative estimate of drug-likeness (QED) is 0.246. The van der Waals surface area contributed by atoms with Crippen molar-refractivity contribution in [2.75, 3.05) is 24.5 Å². The molecule has 0 unspecified atom stereocenters. The number of carbonyl (C=O) groups is 2. The number of sulfonamides is 1. The van der Waals surface area contributed by atoms with Crippen LogP contribution in [0.1, 0.15) is 38.3 Å². The van der Waals surface area contributed by atoms with Crippen LogP contribution in [0.3, 0.4) is 0 Å². The first-order valence-electron chi connectivity index (χ1n) is 13.6. The van der Waals surface area contributed by atoms with Gasteiger partial charge in [-0.3, -0.25) is 13.9 Å². The fraction of sp³-hybridized carbons (Fsp3) is 0.355. The van der Waals surface area contributed by atoms with Gasteiger partial charge in [0.25, 0.3) is 10.0 Å². The predicted molar refractivity (Wildman–Crippen MR) is 168 cm³/mol. The van der Waals surface area contributed by atoms with Gasteiger partial charge in [0, 0.05) is 18.1 Å². The molecule has 0 spiro atoms. The monoisotopic (exact) mass is 633 g/mol. The van der Waals surface area contributed by atoms with E-state index in [4.69, 9.17) is 27.9 Å². The molecule has 0 aliphatic carbocycles. The number of benzene rings is 3. The van der Waals surface area contributed by atoms with Crippen molar-refractivity contribution < 1.29 is 22.7 Å². The average molecular weight is 635 g/mol. The van der Waals surface area contributed by atoms with Crippen LogP contribution in [-0.2, 0) is 26.2 Å². The van der Waals surface area contributed by atoms with Crippen LogP contribution in [0.4, 0.5) is 5.69 Å². The van der Waals surface area contributed by atoms with Crippen LogP contribution in [0.15, 0.2) is 71.6 Å². The predicted octanol–water partition coefficient (Wildman–Crippen LogP) is 6.09. The Morgan fingerprint density at radius 1 is 1.00 bits per heavy atom. The first kappa shape index (κ1) is 33.2. The molecular weight excluding hydrogens is 597 g/mol. The smallest absolute Gasteiger partial charge is 0.264 e. The summed E-state index contributed by atoms with van der Waals surface area (Å²) < 4.78 is 34.3. The van der Waals surface area contributed by atoms with E-state index in [0.717, 1.165) is 9.87 Å². The van der Waals surface area contributed by atoms with Crippen LogP contribution in [0.5, 0.6) is 5.75 Å². The minimum absolute atomic E-state index is 0.0157. The molecule has 0 aliphatic rings. The maximum atomic E-state index is 14.2. The van der Waals surface area contributed by atoms with Gasteiger partial charge in [0.05, 0.1) is 22.7 Å². The molecule has 8 nitrogen and oxygen atoms in total. The minimum Gasteiger partial charge on any atom is -0.497 e. The van der Waals surface area contributed by atoms with Crippen molar-refractivity contribution in [2.24, 2.45) is 5.92 Å². The van der Waals surface area contributed by atoms with E-state index in [2.05, 4.69) is 5.32 Å². The topological polar surface area (TPSA) is 96.0 Å². The molecule has 0 saturated heterocycles. The van der Waals surface area contributed by atoms with Crippen molar-refractivity contribution in [2.45, 2.75) is 51.6 Å². The third kappa shape index (κ3) is 8.40. The molecule has 3 aromatic rings. The second kappa shape index (κ2) is 14.8. The van der Waals surface area contributed by atoms with E-state index in [9.17, 15) is 18.0 Å². The van der Waals surface area contributed by atoms with Crippen molar-refractivity contribution in [1.29, 1.82) is 0 Å². The molecule has 1 N–H and O–H groups in total. The molecule has 3 rings (SSSR count). The SMILES string of the molecule is CC[C@H](C(=O)NCC(C)C)N(Cc1cccc(OC)c1)C(=O)CN(c1cc(Cl)ccc1Cl)S(=O)(=O)c1ccc(C)cc1. The van der Waals surface area contributed by atoms with Crippen LogP contribution >= 0.6 is 23.2 Å². The van der Waals surface area contributed by atoms with Gasteiger partial charge in [0.15, 0.2) is 0 Å². The molecule has 2 amide bonds. The summed E-state index contributed by atoms with van der Waals surface area (Å²) in [5.74, 6) is -0.118. The number of carbonyl (C=O) groups excluding carboxylic acids is 2. The van der Waals surface area contributed by atoms with E-state index in [-0.39, 0.29) is 39.0 Å². The zero-order valence-electron chi connectivity index (χ0n) is 24.4. The molecule has 11 heteroatoms. The summed E-state index contributed by atoms with van der Waals surface area (Å²) in [7, 11) is -2.73. The van der Waals surface area contributed by atoms with Crippen LogP contribution in [-0.4, -0.2) is 51.4 Å². The molecule has 3 aromatic carbocycles. The van der Waals surface area contributed by atoms with Gasteiger partial charge in [-0.15, -0.1) is 0 Å². The minimum atomic E-state index is -4.27. The van der Waals surface area contributed by atoms with E-state index in [0.29, 0.717) is 24.3 Å². The summed E-state index contributed by atoms with van der Waals surface area (Å²) in [6, 6.07) is 17.0. The zero-order valence-corrected chi connectivity index (χ0v) is 26.8. The molecule has 0 aliphatic heterocycles. The summed E-state index contributed by atoms with van der Waals surface area (Å²) in [4.78, 5) is 28.9. The van der Waals surface area contributed by atoms with Gasteiger partial charge in [0.1, 0.15) is 18.3 Å². The van der Waals surface area contributed by atoms with Gasteiger partial charge in [-0.05, 0) is 67.3 Å². The standard InChI is InChI=1S/C31H37Cl2N3O5S/c1-6-28(31(38)34-18-21(2)3)35(19-23-8-7-9-25(16-23)41-5)30(37)20-36(29-17-24(32)12-15-27(29)33)42(39,40)26-13-10-22(4)11-14-26/h7-17,21,28H,6,18-20H2,1-5H3,(H,34,38)/t28-/m1/s1. The number of ether oxygens (including phenoxy) is 1. The number of methoxy groups -OCH3 is 1. The third-order valence-electron chi connectivity index (χ3n) is 6.62. The van der Waals surface area contributed by atoms with E-state index in [1.54, 1.807) is 44.4 Å². The second-order valence-corrected chi connectivity index (χ2v) is 13.1. The molecule has 1 atom stereocenters. The van der Waals surface area contributed by atoms with Gasteiger partial charge in [-0.2, -0.15) is 0 Å². The Hall–Kier alpha value is -3.27. The average Bonchev–Trinajstić information content (AvgIpc) is 2.96.